The van der Waals surface area contributed by atoms with Crippen LogP contribution in [0.15, 0.2) is 12.4 Å². The molecule has 2 aliphatic rings. The molecule has 10 nitrogen and oxygen atoms in total. The number of carbonyl (C=O) groups excluding carboxylic acids is 3. The van der Waals surface area contributed by atoms with Gasteiger partial charge in [-0.15, -0.1) is 0 Å². The maximum absolute atomic E-state index is 12.7. The number of hydrogen-bond donors (Lipinski definition) is 2. The van der Waals surface area contributed by atoms with Crippen molar-refractivity contribution >= 4 is 23.5 Å². The Morgan fingerprint density at radius 1 is 1.30 bits per heavy atom. The Bertz CT molecular complexity index is 773. The van der Waals surface area contributed by atoms with Gasteiger partial charge in [-0.3, -0.25) is 14.3 Å². The fourth-order valence-electron chi connectivity index (χ4n) is 3.42. The van der Waals surface area contributed by atoms with E-state index >= 15 is 0 Å². The van der Waals surface area contributed by atoms with Gasteiger partial charge >= 0.3 is 6.03 Å². The molecule has 30 heavy (non-hydrogen) atoms. The lowest BCUT2D eigenvalue weighted by Crippen LogP contribution is -2.47. The number of likely N-dealkylation sites (N-methyl/N-ethyl adjacent to an activating group) is 1. The molecule has 0 radical (unpaired) electrons. The van der Waals surface area contributed by atoms with Gasteiger partial charge in [0.15, 0.2) is 0 Å². The molecule has 0 unspecified atom stereocenters. The molecule has 1 aromatic heterocycles. The van der Waals surface area contributed by atoms with Crippen LogP contribution < -0.4 is 10.6 Å². The van der Waals surface area contributed by atoms with Crippen LogP contribution in [0.1, 0.15) is 39.2 Å². The first kappa shape index (κ1) is 22.1. The van der Waals surface area contributed by atoms with E-state index in [2.05, 4.69) is 15.7 Å². The zero-order chi connectivity index (χ0) is 21.8. The number of aromatic nitrogens is 2. The summed E-state index contributed by atoms with van der Waals surface area (Å²) in [6.45, 7) is 4.55. The van der Waals surface area contributed by atoms with E-state index in [0.29, 0.717) is 18.7 Å². The van der Waals surface area contributed by atoms with E-state index in [4.69, 9.17) is 4.74 Å². The molecule has 2 fully saturated rings. The summed E-state index contributed by atoms with van der Waals surface area (Å²) in [7, 11) is 3.36. The zero-order valence-corrected chi connectivity index (χ0v) is 18.1. The molecule has 1 saturated heterocycles. The number of rotatable bonds is 8. The van der Waals surface area contributed by atoms with Crippen molar-refractivity contribution in [3.63, 3.8) is 0 Å². The Balaban J connectivity index is 1.62. The normalized spacial score (nSPS) is 21.0. The van der Waals surface area contributed by atoms with Crippen molar-refractivity contribution in [1.82, 2.24) is 24.9 Å². The van der Waals surface area contributed by atoms with Crippen LogP contribution in [0.5, 0.6) is 0 Å². The number of nitrogens with zero attached hydrogens (tertiary/aromatic N) is 4. The third kappa shape index (κ3) is 5.71. The molecule has 2 atom stereocenters. The lowest BCUT2D eigenvalue weighted by Gasteiger charge is -2.25. The van der Waals surface area contributed by atoms with E-state index < -0.39 is 0 Å². The number of urea groups is 1. The quantitative estimate of drug-likeness (QED) is 0.654. The van der Waals surface area contributed by atoms with Gasteiger partial charge < -0.3 is 25.2 Å². The van der Waals surface area contributed by atoms with Crippen LogP contribution in [0, 0.1) is 5.92 Å². The molecule has 4 amide bonds. The highest BCUT2D eigenvalue weighted by molar-refractivity contribution is 5.93. The predicted molar refractivity (Wildman–Crippen MR) is 111 cm³/mol. The van der Waals surface area contributed by atoms with Gasteiger partial charge in [0.05, 0.1) is 30.6 Å². The summed E-state index contributed by atoms with van der Waals surface area (Å²) in [5.41, 5.74) is 0.668. The van der Waals surface area contributed by atoms with Crippen LogP contribution in [-0.4, -0.2) is 83.4 Å². The van der Waals surface area contributed by atoms with Crippen molar-refractivity contribution in [3.8, 4) is 0 Å². The Hall–Kier alpha value is -2.62. The highest BCUT2D eigenvalue weighted by Gasteiger charge is 2.37. The van der Waals surface area contributed by atoms with Crippen LogP contribution in [0.3, 0.4) is 0 Å². The van der Waals surface area contributed by atoms with Crippen molar-refractivity contribution in [2.24, 2.45) is 5.92 Å². The standard InChI is InChI=1S/C20H32N6O4/c1-13(2)22-20(29)25-10-16(7-17(25)11-30-12-18(27)24(3)4)26-9-15(8-21-26)23-19(28)14-5-6-14/h8-9,13-14,16-17H,5-7,10-12H2,1-4H3,(H,22,29)(H,23,28)/t16-,17-/m0/s1. The summed E-state index contributed by atoms with van der Waals surface area (Å²) in [5.74, 6) is 0.0445. The molecule has 3 rings (SSSR count). The highest BCUT2D eigenvalue weighted by atomic mass is 16.5. The molecule has 1 aliphatic heterocycles. The zero-order valence-electron chi connectivity index (χ0n) is 18.1. The summed E-state index contributed by atoms with van der Waals surface area (Å²) < 4.78 is 7.40. The first-order valence-corrected chi connectivity index (χ1v) is 10.4. The third-order valence-corrected chi connectivity index (χ3v) is 5.29. The Labute approximate surface area is 176 Å². The van der Waals surface area contributed by atoms with Gasteiger partial charge in [0.2, 0.25) is 11.8 Å². The first-order valence-electron chi connectivity index (χ1n) is 10.4. The fraction of sp³-hybridized carbons (Fsp3) is 0.700. The number of likely N-dealkylation sites (tertiary alicyclic amines) is 1. The second-order valence-electron chi connectivity index (χ2n) is 8.58. The van der Waals surface area contributed by atoms with Crippen LogP contribution in [-0.2, 0) is 14.3 Å². The molecule has 0 spiro atoms. The van der Waals surface area contributed by atoms with E-state index in [-0.39, 0.29) is 55.1 Å². The average molecular weight is 421 g/mol. The number of nitrogens with one attached hydrogen (secondary N) is 2. The minimum atomic E-state index is -0.169. The van der Waals surface area contributed by atoms with Crippen LogP contribution in [0.4, 0.5) is 10.5 Å². The predicted octanol–water partition coefficient (Wildman–Crippen LogP) is 1.07. The smallest absolute Gasteiger partial charge is 0.317 e. The molecule has 1 aliphatic carbocycles. The molecule has 166 valence electrons. The summed E-state index contributed by atoms with van der Waals surface area (Å²) in [6, 6.07) is -0.345. The second-order valence-corrected chi connectivity index (χ2v) is 8.58. The molecule has 2 N–H and O–H groups in total. The molecular weight excluding hydrogens is 388 g/mol. The molecule has 0 bridgehead atoms. The van der Waals surface area contributed by atoms with Gasteiger partial charge in [-0.1, -0.05) is 0 Å². The summed E-state index contributed by atoms with van der Waals surface area (Å²) in [5, 5.41) is 10.2. The Kier molecular flexibility index (Phi) is 6.96. The van der Waals surface area contributed by atoms with E-state index in [9.17, 15) is 14.4 Å². The lowest BCUT2D eigenvalue weighted by molar-refractivity contribution is -0.134. The topological polar surface area (TPSA) is 109 Å². The van der Waals surface area contributed by atoms with Gasteiger partial charge in [0.25, 0.3) is 0 Å². The molecule has 0 aromatic carbocycles. The van der Waals surface area contributed by atoms with E-state index in [1.165, 1.54) is 4.90 Å². The number of hydrogen-bond acceptors (Lipinski definition) is 5. The van der Waals surface area contributed by atoms with Crippen molar-refractivity contribution in [2.75, 3.05) is 39.2 Å². The van der Waals surface area contributed by atoms with Gasteiger partial charge in [-0.25, -0.2) is 4.79 Å². The molecule has 10 heteroatoms. The second kappa shape index (κ2) is 9.46. The largest absolute Gasteiger partial charge is 0.369 e. The SMILES string of the molecule is CC(C)NC(=O)N1C[C@@H](n2cc(NC(=O)C3CC3)cn2)C[C@H]1COCC(=O)N(C)C. The number of carbonyl (C=O) groups is 3. The van der Waals surface area contributed by atoms with Gasteiger partial charge in [-0.2, -0.15) is 5.10 Å². The van der Waals surface area contributed by atoms with E-state index in [0.717, 1.165) is 12.8 Å². The molecular formula is C20H32N6O4. The maximum Gasteiger partial charge on any atom is 0.317 e. The van der Waals surface area contributed by atoms with Gasteiger partial charge in [0.1, 0.15) is 6.61 Å². The summed E-state index contributed by atoms with van der Waals surface area (Å²) in [6.07, 6.45) is 5.99. The van der Waals surface area contributed by atoms with Crippen LogP contribution >= 0.6 is 0 Å². The van der Waals surface area contributed by atoms with E-state index in [1.807, 2.05) is 20.0 Å². The third-order valence-electron chi connectivity index (χ3n) is 5.29. The minimum Gasteiger partial charge on any atom is -0.369 e. The van der Waals surface area contributed by atoms with Crippen molar-refractivity contribution in [3.05, 3.63) is 12.4 Å². The Morgan fingerprint density at radius 3 is 2.67 bits per heavy atom. The number of ether oxygens (including phenoxy) is 1. The van der Waals surface area contributed by atoms with Crippen molar-refractivity contribution in [2.45, 2.75) is 51.2 Å². The minimum absolute atomic E-state index is 0.0161. The summed E-state index contributed by atoms with van der Waals surface area (Å²) in [4.78, 5) is 39.6. The van der Waals surface area contributed by atoms with Crippen LogP contribution in [0.25, 0.3) is 0 Å². The summed E-state index contributed by atoms with van der Waals surface area (Å²) >= 11 is 0. The molecule has 1 aromatic rings. The van der Waals surface area contributed by atoms with Crippen molar-refractivity contribution in [1.29, 1.82) is 0 Å². The monoisotopic (exact) mass is 420 g/mol. The lowest BCUT2D eigenvalue weighted by atomic mass is 10.2. The van der Waals surface area contributed by atoms with Gasteiger partial charge in [0, 0.05) is 38.8 Å². The van der Waals surface area contributed by atoms with E-state index in [1.54, 1.807) is 29.9 Å². The molecule has 2 heterocycles. The van der Waals surface area contributed by atoms with Gasteiger partial charge in [-0.05, 0) is 33.1 Å². The van der Waals surface area contributed by atoms with Crippen molar-refractivity contribution < 1.29 is 19.1 Å². The maximum atomic E-state index is 12.7. The highest BCUT2D eigenvalue weighted by Crippen LogP contribution is 2.31. The number of amides is 4. The fourth-order valence-corrected chi connectivity index (χ4v) is 3.42. The Morgan fingerprint density at radius 2 is 2.03 bits per heavy atom. The molecule has 1 saturated carbocycles. The van der Waals surface area contributed by atoms with Crippen LogP contribution in [0.2, 0.25) is 0 Å². The average Bonchev–Trinajstić information content (AvgIpc) is 3.28. The first-order chi connectivity index (χ1) is 14.2. The number of anilines is 1.